The largest absolute Gasteiger partial charge is 0.496 e. The minimum atomic E-state index is -5.01. The molecule has 0 bridgehead atoms. The highest BCUT2D eigenvalue weighted by Crippen LogP contribution is 2.38. The van der Waals surface area contributed by atoms with Crippen molar-refractivity contribution in [1.29, 1.82) is 0 Å². The Morgan fingerprint density at radius 1 is 0.963 bits per heavy atom. The van der Waals surface area contributed by atoms with Crippen LogP contribution in [0.5, 0.6) is 5.75 Å². The van der Waals surface area contributed by atoms with Gasteiger partial charge in [0, 0.05) is 10.2 Å². The summed E-state index contributed by atoms with van der Waals surface area (Å²) in [6, 6.07) is 3.84. The maximum absolute atomic E-state index is 12.9. The maximum Gasteiger partial charge on any atom is 0.416 e. The van der Waals surface area contributed by atoms with E-state index < -0.39 is 35.1 Å². The second-order valence-corrected chi connectivity index (χ2v) is 6.47. The molecule has 0 saturated heterocycles. The van der Waals surface area contributed by atoms with E-state index in [1.807, 2.05) is 0 Å². The highest BCUT2D eigenvalue weighted by Gasteiger charge is 2.37. The van der Waals surface area contributed by atoms with Crippen LogP contribution >= 0.6 is 15.9 Å². The van der Waals surface area contributed by atoms with Crippen molar-refractivity contribution in [3.05, 3.63) is 57.1 Å². The monoisotopic (exact) mass is 455 g/mol. The summed E-state index contributed by atoms with van der Waals surface area (Å²) >= 11 is 3.17. The van der Waals surface area contributed by atoms with Gasteiger partial charge in [0.2, 0.25) is 0 Å². The van der Waals surface area contributed by atoms with Gasteiger partial charge in [-0.1, -0.05) is 15.9 Å². The Labute approximate surface area is 158 Å². The van der Waals surface area contributed by atoms with Crippen LogP contribution in [0.4, 0.5) is 32.0 Å². The van der Waals surface area contributed by atoms with E-state index in [1.165, 1.54) is 13.2 Å². The van der Waals surface area contributed by atoms with Gasteiger partial charge in [-0.05, 0) is 42.8 Å². The number of hydrogen-bond donors (Lipinski definition) is 1. The zero-order chi connectivity index (χ0) is 20.6. The molecule has 146 valence electrons. The first-order valence-corrected chi connectivity index (χ1v) is 8.07. The lowest BCUT2D eigenvalue weighted by molar-refractivity contribution is -0.143. The normalized spacial score (nSPS) is 12.0. The third-order valence-electron chi connectivity index (χ3n) is 3.53. The summed E-state index contributed by atoms with van der Waals surface area (Å²) in [4.78, 5) is 12.4. The second kappa shape index (κ2) is 7.41. The summed E-state index contributed by atoms with van der Waals surface area (Å²) in [6.07, 6.45) is -10.0. The molecular formula is C17H12BrF6NO2. The molecule has 0 radical (unpaired) electrons. The van der Waals surface area contributed by atoms with E-state index in [0.717, 1.165) is 0 Å². The fraction of sp³-hybridized carbons (Fsp3) is 0.235. The van der Waals surface area contributed by atoms with Crippen molar-refractivity contribution in [2.24, 2.45) is 0 Å². The minimum Gasteiger partial charge on any atom is -0.496 e. The Morgan fingerprint density at radius 3 is 1.93 bits per heavy atom. The van der Waals surface area contributed by atoms with E-state index in [9.17, 15) is 31.1 Å². The predicted molar refractivity (Wildman–Crippen MR) is 89.8 cm³/mol. The van der Waals surface area contributed by atoms with E-state index in [4.69, 9.17) is 4.74 Å². The molecule has 2 aromatic carbocycles. The van der Waals surface area contributed by atoms with Gasteiger partial charge < -0.3 is 10.1 Å². The SMILES string of the molecule is COc1c(C)cc(Br)cc1C(=O)Nc1cc(C(F)(F)F)cc(C(F)(F)F)c1. The first-order valence-electron chi connectivity index (χ1n) is 7.28. The molecule has 1 N–H and O–H groups in total. The lowest BCUT2D eigenvalue weighted by Gasteiger charge is -2.16. The Kier molecular flexibility index (Phi) is 5.79. The molecule has 2 rings (SSSR count). The quantitative estimate of drug-likeness (QED) is 0.571. The fourth-order valence-electron chi connectivity index (χ4n) is 2.40. The number of rotatable bonds is 3. The Balaban J connectivity index is 2.50. The number of hydrogen-bond acceptors (Lipinski definition) is 2. The van der Waals surface area contributed by atoms with Crippen LogP contribution in [0.3, 0.4) is 0 Å². The van der Waals surface area contributed by atoms with E-state index >= 15 is 0 Å². The standard InChI is InChI=1S/C17H12BrF6NO2/c1-8-3-11(18)7-13(14(8)27-2)15(26)25-12-5-9(16(19,20)21)4-10(6-12)17(22,23)24/h3-7H,1-2H3,(H,25,26). The number of carbonyl (C=O) groups is 1. The van der Waals surface area contributed by atoms with Crippen LogP contribution in [0.15, 0.2) is 34.8 Å². The van der Waals surface area contributed by atoms with E-state index in [0.29, 0.717) is 22.2 Å². The van der Waals surface area contributed by atoms with Crippen LogP contribution in [-0.4, -0.2) is 13.0 Å². The summed E-state index contributed by atoms with van der Waals surface area (Å²) in [5.41, 5.74) is -3.18. The fourth-order valence-corrected chi connectivity index (χ4v) is 2.97. The van der Waals surface area contributed by atoms with Crippen molar-refractivity contribution in [1.82, 2.24) is 0 Å². The van der Waals surface area contributed by atoms with Crippen LogP contribution in [0.25, 0.3) is 0 Å². The average molecular weight is 456 g/mol. The topological polar surface area (TPSA) is 38.3 Å². The van der Waals surface area contributed by atoms with E-state index in [2.05, 4.69) is 21.2 Å². The van der Waals surface area contributed by atoms with Gasteiger partial charge in [0.05, 0.1) is 23.8 Å². The van der Waals surface area contributed by atoms with Gasteiger partial charge in [-0.25, -0.2) is 0 Å². The Bertz CT molecular complexity index is 845. The number of carbonyl (C=O) groups excluding carboxylic acids is 1. The first kappa shape index (κ1) is 21.1. The third kappa shape index (κ3) is 4.94. The summed E-state index contributed by atoms with van der Waals surface area (Å²) in [5.74, 6) is -0.762. The first-order chi connectivity index (χ1) is 12.3. The van der Waals surface area contributed by atoms with Crippen LogP contribution in [0.1, 0.15) is 27.0 Å². The smallest absolute Gasteiger partial charge is 0.416 e. The van der Waals surface area contributed by atoms with Crippen LogP contribution in [0.2, 0.25) is 0 Å². The molecule has 0 fully saturated rings. The van der Waals surface area contributed by atoms with Crippen LogP contribution < -0.4 is 10.1 Å². The van der Waals surface area contributed by atoms with Gasteiger partial charge in [0.25, 0.3) is 5.91 Å². The molecule has 0 spiro atoms. The number of aryl methyl sites for hydroxylation is 1. The van der Waals surface area contributed by atoms with E-state index in [1.54, 1.807) is 13.0 Å². The molecule has 10 heteroatoms. The second-order valence-electron chi connectivity index (χ2n) is 5.55. The number of halogens is 7. The summed E-state index contributed by atoms with van der Waals surface area (Å²) in [7, 11) is 1.29. The number of ether oxygens (including phenoxy) is 1. The van der Waals surface area contributed by atoms with Gasteiger partial charge in [0.15, 0.2) is 0 Å². The van der Waals surface area contributed by atoms with Gasteiger partial charge in [-0.2, -0.15) is 26.3 Å². The van der Waals surface area contributed by atoms with Crippen molar-refractivity contribution in [2.75, 3.05) is 12.4 Å². The molecule has 0 saturated carbocycles. The molecule has 0 unspecified atom stereocenters. The Hall–Kier alpha value is -2.23. The van der Waals surface area contributed by atoms with Gasteiger partial charge >= 0.3 is 12.4 Å². The summed E-state index contributed by atoms with van der Waals surface area (Å²) < 4.78 is 83.1. The molecular weight excluding hydrogens is 444 g/mol. The van der Waals surface area contributed by atoms with Gasteiger partial charge in [-0.15, -0.1) is 0 Å². The zero-order valence-electron chi connectivity index (χ0n) is 13.8. The van der Waals surface area contributed by atoms with Crippen molar-refractivity contribution >= 4 is 27.5 Å². The summed E-state index contributed by atoms with van der Waals surface area (Å²) in [6.45, 7) is 1.63. The zero-order valence-corrected chi connectivity index (χ0v) is 15.4. The highest BCUT2D eigenvalue weighted by molar-refractivity contribution is 9.10. The van der Waals surface area contributed by atoms with Gasteiger partial charge in [0.1, 0.15) is 5.75 Å². The van der Waals surface area contributed by atoms with Crippen molar-refractivity contribution in [2.45, 2.75) is 19.3 Å². The molecule has 0 heterocycles. The summed E-state index contributed by atoms with van der Waals surface area (Å²) in [5, 5.41) is 2.07. The number of nitrogens with one attached hydrogen (secondary N) is 1. The third-order valence-corrected chi connectivity index (χ3v) is 3.99. The lowest BCUT2D eigenvalue weighted by Crippen LogP contribution is -2.17. The number of anilines is 1. The molecule has 3 nitrogen and oxygen atoms in total. The predicted octanol–water partition coefficient (Wildman–Crippen LogP) is 6.06. The highest BCUT2D eigenvalue weighted by atomic mass is 79.9. The molecule has 0 aliphatic rings. The number of alkyl halides is 6. The average Bonchev–Trinajstić information content (AvgIpc) is 2.52. The molecule has 2 aromatic rings. The molecule has 1 amide bonds. The Morgan fingerprint density at radius 2 is 1.48 bits per heavy atom. The number of benzene rings is 2. The van der Waals surface area contributed by atoms with Crippen LogP contribution in [-0.2, 0) is 12.4 Å². The van der Waals surface area contributed by atoms with Crippen molar-refractivity contribution < 1.29 is 35.9 Å². The molecule has 0 aromatic heterocycles. The van der Waals surface area contributed by atoms with E-state index in [-0.39, 0.29) is 17.4 Å². The molecule has 0 aliphatic carbocycles. The van der Waals surface area contributed by atoms with Crippen molar-refractivity contribution in [3.8, 4) is 5.75 Å². The molecule has 0 aliphatic heterocycles. The van der Waals surface area contributed by atoms with Crippen molar-refractivity contribution in [3.63, 3.8) is 0 Å². The van der Waals surface area contributed by atoms with Crippen LogP contribution in [0, 0.1) is 6.92 Å². The molecule has 27 heavy (non-hydrogen) atoms. The maximum atomic E-state index is 12.9. The number of amides is 1. The number of methoxy groups -OCH3 is 1. The minimum absolute atomic E-state index is 0.0144. The molecule has 0 atom stereocenters. The lowest BCUT2D eigenvalue weighted by atomic mass is 10.1. The van der Waals surface area contributed by atoms with Gasteiger partial charge in [-0.3, -0.25) is 4.79 Å².